The van der Waals surface area contributed by atoms with Crippen molar-refractivity contribution in [1.29, 1.82) is 0 Å². The summed E-state index contributed by atoms with van der Waals surface area (Å²) >= 11 is 5.87. The molecule has 1 N–H and O–H groups in total. The van der Waals surface area contributed by atoms with E-state index in [1.54, 1.807) is 4.90 Å². The molecule has 1 heterocycles. The maximum absolute atomic E-state index is 12.0. The van der Waals surface area contributed by atoms with Crippen molar-refractivity contribution in [2.75, 3.05) is 13.1 Å². The highest BCUT2D eigenvalue weighted by Crippen LogP contribution is 2.29. The summed E-state index contributed by atoms with van der Waals surface area (Å²) in [6.45, 7) is 2.67. The lowest BCUT2D eigenvalue weighted by Crippen LogP contribution is -2.42. The second-order valence-electron chi connectivity index (χ2n) is 5.21. The fourth-order valence-electron chi connectivity index (χ4n) is 2.55. The standard InChI is InChI=1S/C15H18ClNO3/c1-10(15(19)20)14(18)17-8-6-12(7-9-17)11-2-4-13(16)5-3-11/h2-5,10,12H,6-9H2,1H3,(H,19,20). The van der Waals surface area contributed by atoms with E-state index >= 15 is 0 Å². The first-order valence-corrected chi connectivity index (χ1v) is 7.14. The minimum Gasteiger partial charge on any atom is -0.481 e. The number of nitrogens with zero attached hydrogens (tertiary/aromatic N) is 1. The molecule has 0 saturated carbocycles. The van der Waals surface area contributed by atoms with Gasteiger partial charge in [0.15, 0.2) is 0 Å². The van der Waals surface area contributed by atoms with Gasteiger partial charge < -0.3 is 10.0 Å². The van der Waals surface area contributed by atoms with E-state index in [1.807, 2.05) is 24.3 Å². The number of amides is 1. The Morgan fingerprint density at radius 2 is 1.80 bits per heavy atom. The molecule has 1 aromatic carbocycles. The number of rotatable bonds is 3. The van der Waals surface area contributed by atoms with Crippen molar-refractivity contribution in [3.8, 4) is 0 Å². The number of carbonyl (C=O) groups excluding carboxylic acids is 1. The van der Waals surface area contributed by atoms with Crippen LogP contribution in [0.4, 0.5) is 0 Å². The third-order valence-corrected chi connectivity index (χ3v) is 4.14. The fourth-order valence-corrected chi connectivity index (χ4v) is 2.67. The highest BCUT2D eigenvalue weighted by molar-refractivity contribution is 6.30. The number of likely N-dealkylation sites (tertiary alicyclic amines) is 1. The lowest BCUT2D eigenvalue weighted by Gasteiger charge is -2.33. The van der Waals surface area contributed by atoms with E-state index in [2.05, 4.69) is 0 Å². The van der Waals surface area contributed by atoms with Gasteiger partial charge in [-0.2, -0.15) is 0 Å². The van der Waals surface area contributed by atoms with Gasteiger partial charge in [-0.3, -0.25) is 9.59 Å². The van der Waals surface area contributed by atoms with Crippen molar-refractivity contribution in [2.24, 2.45) is 5.92 Å². The van der Waals surface area contributed by atoms with Crippen molar-refractivity contribution >= 4 is 23.5 Å². The molecule has 1 fully saturated rings. The summed E-state index contributed by atoms with van der Waals surface area (Å²) in [6.07, 6.45) is 1.72. The lowest BCUT2D eigenvalue weighted by atomic mass is 9.89. The number of hydrogen-bond acceptors (Lipinski definition) is 2. The van der Waals surface area contributed by atoms with Gasteiger partial charge in [-0.25, -0.2) is 0 Å². The molecular weight excluding hydrogens is 278 g/mol. The van der Waals surface area contributed by atoms with Crippen molar-refractivity contribution in [1.82, 2.24) is 4.90 Å². The van der Waals surface area contributed by atoms with E-state index in [1.165, 1.54) is 12.5 Å². The maximum Gasteiger partial charge on any atom is 0.315 e. The second kappa shape index (κ2) is 6.27. The maximum atomic E-state index is 12.0. The van der Waals surface area contributed by atoms with Gasteiger partial charge in [-0.15, -0.1) is 0 Å². The van der Waals surface area contributed by atoms with E-state index in [9.17, 15) is 9.59 Å². The minimum absolute atomic E-state index is 0.285. The van der Waals surface area contributed by atoms with Crippen LogP contribution in [0.1, 0.15) is 31.2 Å². The van der Waals surface area contributed by atoms with Gasteiger partial charge in [0.2, 0.25) is 5.91 Å². The molecule has 0 aliphatic carbocycles. The molecule has 1 aliphatic heterocycles. The number of carboxylic acids is 1. The summed E-state index contributed by atoms with van der Waals surface area (Å²) in [5, 5.41) is 9.60. The van der Waals surface area contributed by atoms with Gasteiger partial charge in [-0.1, -0.05) is 23.7 Å². The molecule has 0 aromatic heterocycles. The Hall–Kier alpha value is -1.55. The Balaban J connectivity index is 1.94. The van der Waals surface area contributed by atoms with Crippen LogP contribution in [0.3, 0.4) is 0 Å². The highest BCUT2D eigenvalue weighted by atomic mass is 35.5. The molecule has 0 bridgehead atoms. The molecule has 1 saturated heterocycles. The zero-order chi connectivity index (χ0) is 14.7. The van der Waals surface area contributed by atoms with Crippen LogP contribution >= 0.6 is 11.6 Å². The van der Waals surface area contributed by atoms with E-state index in [-0.39, 0.29) is 5.91 Å². The number of piperidine rings is 1. The molecule has 1 atom stereocenters. The molecule has 0 radical (unpaired) electrons. The SMILES string of the molecule is CC(C(=O)O)C(=O)N1CCC(c2ccc(Cl)cc2)CC1. The van der Waals surface area contributed by atoms with Crippen LogP contribution < -0.4 is 0 Å². The van der Waals surface area contributed by atoms with Gasteiger partial charge >= 0.3 is 5.97 Å². The van der Waals surface area contributed by atoms with Crippen LogP contribution in [0, 0.1) is 5.92 Å². The quantitative estimate of drug-likeness (QED) is 0.872. The summed E-state index contributed by atoms with van der Waals surface area (Å²) in [7, 11) is 0. The lowest BCUT2D eigenvalue weighted by molar-refractivity contribution is -0.150. The molecule has 20 heavy (non-hydrogen) atoms. The molecule has 1 aromatic rings. The summed E-state index contributed by atoms with van der Waals surface area (Å²) in [6, 6.07) is 7.79. The first kappa shape index (κ1) is 14.9. The van der Waals surface area contributed by atoms with E-state index in [0.717, 1.165) is 17.9 Å². The van der Waals surface area contributed by atoms with Crippen LogP contribution in [-0.2, 0) is 9.59 Å². The summed E-state index contributed by atoms with van der Waals surface area (Å²) in [5.41, 5.74) is 1.23. The normalized spacial score (nSPS) is 17.8. The van der Waals surface area contributed by atoms with Crippen LogP contribution in [0.25, 0.3) is 0 Å². The predicted molar refractivity (Wildman–Crippen MR) is 76.8 cm³/mol. The molecule has 4 nitrogen and oxygen atoms in total. The highest BCUT2D eigenvalue weighted by Gasteiger charge is 2.29. The molecular formula is C15H18ClNO3. The number of carbonyl (C=O) groups is 2. The smallest absolute Gasteiger partial charge is 0.315 e. The minimum atomic E-state index is -1.06. The van der Waals surface area contributed by atoms with Crippen molar-refractivity contribution in [3.63, 3.8) is 0 Å². The Morgan fingerprint density at radius 1 is 1.25 bits per heavy atom. The fraction of sp³-hybridized carbons (Fsp3) is 0.467. The molecule has 1 aliphatic rings. The molecule has 2 rings (SSSR count). The van der Waals surface area contributed by atoms with Crippen LogP contribution in [0.2, 0.25) is 5.02 Å². The number of hydrogen-bond donors (Lipinski definition) is 1. The van der Waals surface area contributed by atoms with Crippen LogP contribution in [0.5, 0.6) is 0 Å². The third-order valence-electron chi connectivity index (χ3n) is 3.89. The van der Waals surface area contributed by atoms with Gasteiger partial charge in [0.05, 0.1) is 0 Å². The summed E-state index contributed by atoms with van der Waals surface area (Å²) in [4.78, 5) is 24.5. The van der Waals surface area contributed by atoms with E-state index < -0.39 is 11.9 Å². The monoisotopic (exact) mass is 295 g/mol. The molecule has 1 amide bonds. The Morgan fingerprint density at radius 3 is 2.30 bits per heavy atom. The van der Waals surface area contributed by atoms with Gasteiger partial charge in [-0.05, 0) is 43.4 Å². The van der Waals surface area contributed by atoms with E-state index in [4.69, 9.17) is 16.7 Å². The first-order valence-electron chi connectivity index (χ1n) is 6.76. The second-order valence-corrected chi connectivity index (χ2v) is 5.65. The largest absolute Gasteiger partial charge is 0.481 e. The van der Waals surface area contributed by atoms with Crippen molar-refractivity contribution in [3.05, 3.63) is 34.9 Å². The number of benzene rings is 1. The molecule has 1 unspecified atom stereocenters. The van der Waals surface area contributed by atoms with Crippen LogP contribution in [0.15, 0.2) is 24.3 Å². The molecule has 0 spiro atoms. The summed E-state index contributed by atoms with van der Waals surface area (Å²) < 4.78 is 0. The van der Waals surface area contributed by atoms with Crippen molar-refractivity contribution in [2.45, 2.75) is 25.7 Å². The number of aliphatic carboxylic acids is 1. The topological polar surface area (TPSA) is 57.6 Å². The number of halogens is 1. The predicted octanol–water partition coefficient (Wildman–Crippen LogP) is 2.77. The Kier molecular flexibility index (Phi) is 4.65. The number of carboxylic acid groups (broad SMARTS) is 1. The average molecular weight is 296 g/mol. The van der Waals surface area contributed by atoms with Gasteiger partial charge in [0.25, 0.3) is 0 Å². The Bertz CT molecular complexity index is 492. The average Bonchev–Trinajstić information content (AvgIpc) is 2.46. The van der Waals surface area contributed by atoms with Gasteiger partial charge in [0, 0.05) is 18.1 Å². The van der Waals surface area contributed by atoms with E-state index in [0.29, 0.717) is 19.0 Å². The zero-order valence-corrected chi connectivity index (χ0v) is 12.1. The molecule has 5 heteroatoms. The van der Waals surface area contributed by atoms with Crippen LogP contribution in [-0.4, -0.2) is 35.0 Å². The third kappa shape index (κ3) is 3.31. The van der Waals surface area contributed by atoms with Crippen molar-refractivity contribution < 1.29 is 14.7 Å². The first-order chi connectivity index (χ1) is 9.49. The molecule has 108 valence electrons. The Labute approximate surface area is 123 Å². The zero-order valence-electron chi connectivity index (χ0n) is 11.4. The summed E-state index contributed by atoms with van der Waals surface area (Å²) in [5.74, 6) is -1.89. The van der Waals surface area contributed by atoms with Gasteiger partial charge in [0.1, 0.15) is 5.92 Å².